The first-order valence-corrected chi connectivity index (χ1v) is 13.0. The van der Waals surface area contributed by atoms with Crippen LogP contribution < -0.4 is 10.2 Å². The number of nitrogens with one attached hydrogen (secondary N) is 1. The Labute approximate surface area is 199 Å². The second-order valence-corrected chi connectivity index (χ2v) is 10.7. The fraction of sp³-hybridized carbons (Fsp3) is 0.360. The summed E-state index contributed by atoms with van der Waals surface area (Å²) in [6.07, 6.45) is 4.45. The number of amides is 1. The van der Waals surface area contributed by atoms with Crippen molar-refractivity contribution >= 4 is 21.7 Å². The van der Waals surface area contributed by atoms with E-state index in [-0.39, 0.29) is 23.0 Å². The van der Waals surface area contributed by atoms with E-state index in [9.17, 15) is 13.2 Å². The quantitative estimate of drug-likeness (QED) is 0.582. The Bertz CT molecular complexity index is 1290. The number of rotatable bonds is 6. The lowest BCUT2D eigenvalue weighted by Gasteiger charge is -2.29. The van der Waals surface area contributed by atoms with Gasteiger partial charge in [-0.2, -0.15) is 4.31 Å². The summed E-state index contributed by atoms with van der Waals surface area (Å²) in [4.78, 5) is 19.5. The number of nitrogens with zero attached hydrogens (tertiary/aromatic N) is 3. The molecule has 5 rings (SSSR count). The summed E-state index contributed by atoms with van der Waals surface area (Å²) in [5.41, 5.74) is 3.57. The van der Waals surface area contributed by atoms with Crippen molar-refractivity contribution in [2.45, 2.75) is 44.2 Å². The van der Waals surface area contributed by atoms with Crippen LogP contribution in [0, 0.1) is 6.92 Å². The van der Waals surface area contributed by atoms with E-state index in [1.54, 1.807) is 13.1 Å². The smallest absolute Gasteiger partial charge is 0.287 e. The molecule has 8 nitrogen and oxygen atoms in total. The molecule has 1 fully saturated rings. The summed E-state index contributed by atoms with van der Waals surface area (Å²) >= 11 is 0. The minimum atomic E-state index is -3.64. The van der Waals surface area contributed by atoms with Crippen LogP contribution in [0.5, 0.6) is 0 Å². The van der Waals surface area contributed by atoms with E-state index >= 15 is 0 Å². The Morgan fingerprint density at radius 2 is 1.85 bits per heavy atom. The number of benzene rings is 1. The lowest BCUT2D eigenvalue weighted by molar-refractivity contribution is 0.0922. The van der Waals surface area contributed by atoms with E-state index in [2.05, 4.69) is 39.5 Å². The zero-order chi connectivity index (χ0) is 23.7. The van der Waals surface area contributed by atoms with Crippen LogP contribution in [-0.2, 0) is 29.5 Å². The van der Waals surface area contributed by atoms with E-state index in [0.29, 0.717) is 13.1 Å². The fourth-order valence-electron chi connectivity index (χ4n) is 4.57. The van der Waals surface area contributed by atoms with Gasteiger partial charge < -0.3 is 14.6 Å². The normalized spacial score (nSPS) is 16.4. The predicted molar refractivity (Wildman–Crippen MR) is 128 cm³/mol. The first kappa shape index (κ1) is 22.6. The molecule has 2 aromatic heterocycles. The highest BCUT2D eigenvalue weighted by Crippen LogP contribution is 2.27. The standard InChI is InChI=1S/C25H28N4O4S/c1-18-23(34(31,32)29-11-4-5-12-29)14-22(33-18)25(30)27-16-19-8-9-24(26-15-19)28-13-10-20-6-2-3-7-21(20)17-28/h2-3,6-9,14-15H,4-5,10-13,16-17H2,1H3,(H,27,30). The lowest BCUT2D eigenvalue weighted by atomic mass is 10.00. The third-order valence-corrected chi connectivity index (χ3v) is 8.50. The van der Waals surface area contributed by atoms with Crippen LogP contribution in [0.1, 0.15) is 45.8 Å². The summed E-state index contributed by atoms with van der Waals surface area (Å²) in [6.45, 7) is 4.59. The highest BCUT2D eigenvalue weighted by molar-refractivity contribution is 7.89. The van der Waals surface area contributed by atoms with Crippen molar-refractivity contribution in [3.05, 3.63) is 76.9 Å². The van der Waals surface area contributed by atoms with Gasteiger partial charge in [-0.3, -0.25) is 4.79 Å². The largest absolute Gasteiger partial charge is 0.455 e. The Morgan fingerprint density at radius 1 is 1.09 bits per heavy atom. The molecule has 4 heterocycles. The molecular formula is C25H28N4O4S. The molecule has 0 bridgehead atoms. The number of pyridine rings is 1. The minimum absolute atomic E-state index is 0.00756. The molecular weight excluding hydrogens is 452 g/mol. The first-order valence-electron chi connectivity index (χ1n) is 11.6. The molecule has 0 saturated carbocycles. The van der Waals surface area contributed by atoms with Crippen molar-refractivity contribution in [3.8, 4) is 0 Å². The van der Waals surface area contributed by atoms with Crippen LogP contribution in [0.15, 0.2) is 58.0 Å². The summed E-state index contributed by atoms with van der Waals surface area (Å²) in [6, 6.07) is 13.7. The summed E-state index contributed by atoms with van der Waals surface area (Å²) in [7, 11) is -3.64. The van der Waals surface area contributed by atoms with E-state index in [0.717, 1.165) is 43.7 Å². The Balaban J connectivity index is 1.21. The maximum atomic E-state index is 12.8. The van der Waals surface area contributed by atoms with Crippen LogP contribution in [-0.4, -0.2) is 43.2 Å². The van der Waals surface area contributed by atoms with E-state index < -0.39 is 15.9 Å². The number of sulfonamides is 1. The van der Waals surface area contributed by atoms with Crippen molar-refractivity contribution in [1.29, 1.82) is 0 Å². The monoisotopic (exact) mass is 480 g/mol. The molecule has 34 heavy (non-hydrogen) atoms. The van der Waals surface area contributed by atoms with E-state index in [1.807, 2.05) is 12.1 Å². The minimum Gasteiger partial charge on any atom is -0.455 e. The molecule has 0 spiro atoms. The number of carbonyl (C=O) groups excluding carboxylic acids is 1. The van der Waals surface area contributed by atoms with Gasteiger partial charge in [-0.1, -0.05) is 30.3 Å². The van der Waals surface area contributed by atoms with Crippen LogP contribution in [0.2, 0.25) is 0 Å². The van der Waals surface area contributed by atoms with Crippen LogP contribution in [0.4, 0.5) is 5.82 Å². The van der Waals surface area contributed by atoms with Gasteiger partial charge in [-0.05, 0) is 48.9 Å². The van der Waals surface area contributed by atoms with Crippen molar-refractivity contribution in [2.24, 2.45) is 0 Å². The van der Waals surface area contributed by atoms with Gasteiger partial charge in [0.25, 0.3) is 5.91 Å². The number of carbonyl (C=O) groups is 1. The summed E-state index contributed by atoms with van der Waals surface area (Å²) in [5, 5.41) is 2.79. The van der Waals surface area contributed by atoms with Crippen LogP contribution in [0.3, 0.4) is 0 Å². The average molecular weight is 481 g/mol. The Kier molecular flexibility index (Phi) is 6.14. The van der Waals surface area contributed by atoms with Gasteiger partial charge in [0, 0.05) is 45.0 Å². The van der Waals surface area contributed by atoms with Crippen LogP contribution >= 0.6 is 0 Å². The Hall–Kier alpha value is -3.17. The molecule has 3 aromatic rings. The molecule has 0 radical (unpaired) electrons. The molecule has 1 amide bonds. The maximum absolute atomic E-state index is 12.8. The number of furan rings is 1. The predicted octanol–water partition coefficient (Wildman–Crippen LogP) is 3.26. The van der Waals surface area contributed by atoms with Gasteiger partial charge in [0.05, 0.1) is 0 Å². The van der Waals surface area contributed by atoms with Crippen molar-refractivity contribution in [3.63, 3.8) is 0 Å². The van der Waals surface area contributed by atoms with Crippen LogP contribution in [0.25, 0.3) is 0 Å². The number of aromatic nitrogens is 1. The van der Waals surface area contributed by atoms with Gasteiger partial charge in [0.2, 0.25) is 10.0 Å². The zero-order valence-corrected chi connectivity index (χ0v) is 20.0. The third kappa shape index (κ3) is 4.45. The average Bonchev–Trinajstić information content (AvgIpc) is 3.54. The van der Waals surface area contributed by atoms with E-state index in [4.69, 9.17) is 4.42 Å². The number of fused-ring (bicyclic) bond motifs is 1. The molecule has 2 aliphatic rings. The van der Waals surface area contributed by atoms with Gasteiger partial charge in [0.15, 0.2) is 5.76 Å². The molecule has 0 unspecified atom stereocenters. The van der Waals surface area contributed by atoms with Crippen molar-refractivity contribution in [1.82, 2.24) is 14.6 Å². The first-order chi connectivity index (χ1) is 16.4. The molecule has 1 saturated heterocycles. The number of hydrogen-bond acceptors (Lipinski definition) is 6. The van der Waals surface area contributed by atoms with Gasteiger partial charge in [-0.25, -0.2) is 13.4 Å². The zero-order valence-electron chi connectivity index (χ0n) is 19.2. The number of hydrogen-bond donors (Lipinski definition) is 1. The van der Waals surface area contributed by atoms with Gasteiger partial charge >= 0.3 is 0 Å². The summed E-state index contributed by atoms with van der Waals surface area (Å²) in [5.74, 6) is 0.670. The number of anilines is 1. The molecule has 9 heteroatoms. The van der Waals surface area contributed by atoms with Gasteiger partial charge in [-0.15, -0.1) is 0 Å². The lowest BCUT2D eigenvalue weighted by Crippen LogP contribution is -2.31. The van der Waals surface area contributed by atoms with E-state index in [1.165, 1.54) is 21.5 Å². The van der Waals surface area contributed by atoms with Gasteiger partial charge in [0.1, 0.15) is 16.5 Å². The highest BCUT2D eigenvalue weighted by atomic mass is 32.2. The fourth-order valence-corrected chi connectivity index (χ4v) is 6.25. The second kappa shape index (κ2) is 9.23. The molecule has 1 N–H and O–H groups in total. The molecule has 2 aliphatic heterocycles. The second-order valence-electron chi connectivity index (χ2n) is 8.79. The topological polar surface area (TPSA) is 95.7 Å². The Morgan fingerprint density at radius 3 is 2.59 bits per heavy atom. The third-order valence-electron chi connectivity index (χ3n) is 6.50. The van der Waals surface area contributed by atoms with Crippen molar-refractivity contribution in [2.75, 3.05) is 24.5 Å². The molecule has 1 aromatic carbocycles. The number of aryl methyl sites for hydroxylation is 1. The summed E-state index contributed by atoms with van der Waals surface area (Å²) < 4.78 is 32.6. The molecule has 0 aliphatic carbocycles. The molecule has 0 atom stereocenters. The highest BCUT2D eigenvalue weighted by Gasteiger charge is 2.31. The molecule has 178 valence electrons. The van der Waals surface area contributed by atoms with Crippen molar-refractivity contribution < 1.29 is 17.6 Å². The maximum Gasteiger partial charge on any atom is 0.287 e. The SMILES string of the molecule is Cc1oc(C(=O)NCc2ccc(N3CCc4ccccc4C3)nc2)cc1S(=O)(=O)N1CCCC1.